The number of carboxylic acids is 1. The highest BCUT2D eigenvalue weighted by atomic mass is 32.2. The van der Waals surface area contributed by atoms with Crippen LogP contribution in [0.2, 0.25) is 0 Å². The Bertz CT molecular complexity index is 1420. The summed E-state index contributed by atoms with van der Waals surface area (Å²) in [5.74, 6) is -2.75. The number of aliphatic carboxylic acids is 1. The number of likely N-dealkylation sites (tertiary alicyclic amines) is 1. The Hall–Kier alpha value is -3.77. The lowest BCUT2D eigenvalue weighted by Gasteiger charge is -2.47. The Morgan fingerprint density at radius 1 is 1.33 bits per heavy atom. The number of carbonyl (C=O) groups excluding carboxylic acids is 3. The molecule has 1 saturated carbocycles. The molecule has 4 fully saturated rings. The van der Waals surface area contributed by atoms with Gasteiger partial charge in [-0.2, -0.15) is 0 Å². The molecule has 8 N–H and O–H groups in total. The first kappa shape index (κ1) is 31.2. The molecule has 0 radical (unpaired) electrons. The Balaban J connectivity index is 1.07. The van der Waals surface area contributed by atoms with E-state index in [1.807, 2.05) is 11.8 Å². The fraction of sp³-hybridized carbons (Fsp3) is 0.704. The van der Waals surface area contributed by atoms with E-state index in [0.29, 0.717) is 37.4 Å². The number of aromatic nitrogens is 4. The van der Waals surface area contributed by atoms with Gasteiger partial charge in [-0.05, 0) is 42.5 Å². The smallest absolute Gasteiger partial charge is 0.353 e. The zero-order valence-electron chi connectivity index (χ0n) is 25.0. The predicted octanol–water partition coefficient (Wildman–Crippen LogP) is -2.50. The fourth-order valence-electron chi connectivity index (χ4n) is 8.12. The molecule has 0 aromatic carbocycles. The average molecular weight is 646 g/mol. The molecule has 9 atom stereocenters. The number of β-lactam (4-membered cyclic amide) rings is 1. The minimum Gasteiger partial charge on any atom is -0.477 e. The second-order valence-electron chi connectivity index (χ2n) is 13.0. The average Bonchev–Trinajstić information content (AvgIpc) is 3.78. The predicted molar refractivity (Wildman–Crippen MR) is 159 cm³/mol. The maximum absolute atomic E-state index is 13.6. The molecular weight excluding hydrogens is 606 g/mol. The molecule has 244 valence electrons. The van der Waals surface area contributed by atoms with Crippen LogP contribution in [-0.4, -0.2) is 126 Å². The van der Waals surface area contributed by atoms with Gasteiger partial charge in [0, 0.05) is 53.2 Å². The van der Waals surface area contributed by atoms with Gasteiger partial charge in [-0.1, -0.05) is 6.92 Å². The van der Waals surface area contributed by atoms with Crippen molar-refractivity contribution in [3.05, 3.63) is 16.9 Å². The molecule has 5 heterocycles. The van der Waals surface area contributed by atoms with Gasteiger partial charge >= 0.3 is 5.97 Å². The highest BCUT2D eigenvalue weighted by molar-refractivity contribution is 8.03. The summed E-state index contributed by atoms with van der Waals surface area (Å²) < 4.78 is 1.27. The molecule has 17 nitrogen and oxygen atoms in total. The topological polar surface area (TPSA) is 245 Å². The first-order valence-corrected chi connectivity index (χ1v) is 16.0. The summed E-state index contributed by atoms with van der Waals surface area (Å²) in [7, 11) is 0. The number of nitrogens with two attached hydrogens (primary N) is 1. The van der Waals surface area contributed by atoms with E-state index in [1.165, 1.54) is 27.7 Å². The van der Waals surface area contributed by atoms with Crippen LogP contribution < -0.4 is 21.7 Å². The number of fused-ring (bicyclic) bond motifs is 2. The van der Waals surface area contributed by atoms with E-state index >= 15 is 0 Å². The molecule has 1 aromatic heterocycles. The molecule has 18 heteroatoms. The minimum atomic E-state index is -1.18. The number of aliphatic hydroxyl groups is 1. The lowest BCUT2D eigenvalue weighted by Crippen LogP contribution is -2.66. The summed E-state index contributed by atoms with van der Waals surface area (Å²) in [6.07, 6.45) is 3.18. The van der Waals surface area contributed by atoms with E-state index in [9.17, 15) is 29.4 Å². The summed E-state index contributed by atoms with van der Waals surface area (Å²) in [6, 6.07) is -1.37. The van der Waals surface area contributed by atoms with E-state index < -0.39 is 35.4 Å². The first-order valence-electron chi connectivity index (χ1n) is 15.1. The van der Waals surface area contributed by atoms with Gasteiger partial charge in [0.05, 0.1) is 24.6 Å². The van der Waals surface area contributed by atoms with Gasteiger partial charge in [0.25, 0.3) is 0 Å². The largest absolute Gasteiger partial charge is 0.477 e. The van der Waals surface area contributed by atoms with Crippen LogP contribution in [-0.2, 0) is 25.7 Å². The Labute approximate surface area is 263 Å². The number of amides is 3. The molecule has 6 unspecified atom stereocenters. The summed E-state index contributed by atoms with van der Waals surface area (Å²) >= 11 is 1.41. The van der Waals surface area contributed by atoms with Crippen LogP contribution in [0.3, 0.4) is 0 Å². The van der Waals surface area contributed by atoms with Gasteiger partial charge < -0.3 is 41.7 Å². The molecule has 0 bridgehead atoms. The quantitative estimate of drug-likeness (QED) is 0.0791. The lowest BCUT2D eigenvalue weighted by atomic mass is 9.78. The third kappa shape index (κ3) is 5.52. The molecular formula is C27H39N11O6S. The molecule has 1 aliphatic carbocycles. The standard InChI is InChI=1S/C27H39N11O6S/c1-12-20-19(13(2)32-18(40)8-37-11-31-34-35-37)24(42)38(20)21(25(43)44)22(12)45-16-4-17(30-6-16)23(41)36-7-14-3-15(33-26(28)29)5-27(14,9-36)10-39/h11-17,19-20,30,39H,3-10H2,1-2H3,(H,32,40)(H,43,44)(H4,28,29,33)/t12-,13?,14?,15?,16?,17?,19-,20-,27?/m1/s1. The Morgan fingerprint density at radius 2 is 2.11 bits per heavy atom. The highest BCUT2D eigenvalue weighted by Crippen LogP contribution is 2.52. The van der Waals surface area contributed by atoms with Gasteiger partial charge in [0.15, 0.2) is 5.96 Å². The van der Waals surface area contributed by atoms with Gasteiger partial charge in [0.1, 0.15) is 18.6 Å². The number of carbonyl (C=O) groups is 4. The number of aliphatic hydroxyl groups excluding tert-OH is 1. The fourth-order valence-corrected chi connectivity index (χ4v) is 9.59. The monoisotopic (exact) mass is 645 g/mol. The Morgan fingerprint density at radius 3 is 2.76 bits per heavy atom. The van der Waals surface area contributed by atoms with Crippen LogP contribution in [0, 0.1) is 28.6 Å². The van der Waals surface area contributed by atoms with Crippen LogP contribution in [0.15, 0.2) is 16.9 Å². The van der Waals surface area contributed by atoms with Crippen molar-refractivity contribution < 1.29 is 29.4 Å². The normalized spacial score (nSPS) is 34.4. The van der Waals surface area contributed by atoms with Crippen molar-refractivity contribution in [3.8, 4) is 0 Å². The van der Waals surface area contributed by atoms with Gasteiger partial charge in [-0.3, -0.25) is 19.8 Å². The molecule has 3 saturated heterocycles. The van der Waals surface area contributed by atoms with E-state index in [2.05, 4.69) is 31.5 Å². The maximum atomic E-state index is 13.6. The number of thioether (sulfide) groups is 1. The Kier molecular flexibility index (Phi) is 8.23. The number of hydrogen-bond donors (Lipinski definition) is 7. The van der Waals surface area contributed by atoms with Crippen molar-refractivity contribution in [2.75, 3.05) is 26.2 Å². The van der Waals surface area contributed by atoms with E-state index in [0.717, 1.165) is 6.42 Å². The zero-order valence-corrected chi connectivity index (χ0v) is 25.9. The van der Waals surface area contributed by atoms with Gasteiger partial charge in [0.2, 0.25) is 17.7 Å². The minimum absolute atomic E-state index is 0.00125. The second kappa shape index (κ2) is 11.9. The van der Waals surface area contributed by atoms with Crippen LogP contribution in [0.4, 0.5) is 0 Å². The molecule has 45 heavy (non-hydrogen) atoms. The zero-order chi connectivity index (χ0) is 32.2. The molecule has 4 aliphatic heterocycles. The maximum Gasteiger partial charge on any atom is 0.353 e. The van der Waals surface area contributed by atoms with Gasteiger partial charge in [-0.25, -0.2) is 9.48 Å². The summed E-state index contributed by atoms with van der Waals surface area (Å²) in [6.45, 7) is 4.96. The molecule has 1 aromatic rings. The first-order chi connectivity index (χ1) is 21.4. The van der Waals surface area contributed by atoms with Crippen molar-refractivity contribution in [1.82, 2.24) is 46.0 Å². The number of guanidine groups is 1. The number of rotatable bonds is 10. The summed E-state index contributed by atoms with van der Waals surface area (Å²) in [5.41, 5.74) is 5.07. The number of nitrogens with zero attached hydrogens (tertiary/aromatic N) is 6. The number of tetrazole rings is 1. The van der Waals surface area contributed by atoms with Crippen molar-refractivity contribution in [2.24, 2.45) is 28.9 Å². The van der Waals surface area contributed by atoms with Crippen molar-refractivity contribution >= 4 is 41.4 Å². The molecule has 3 amide bonds. The molecule has 0 spiro atoms. The summed E-state index contributed by atoms with van der Waals surface area (Å²) in [4.78, 5) is 55.5. The van der Waals surface area contributed by atoms with Crippen LogP contribution in [0.25, 0.3) is 0 Å². The van der Waals surface area contributed by atoms with Crippen LogP contribution in [0.1, 0.15) is 33.1 Å². The number of hydrogen-bond acceptors (Lipinski definition) is 11. The van der Waals surface area contributed by atoms with E-state index in [-0.39, 0.29) is 65.7 Å². The van der Waals surface area contributed by atoms with Crippen molar-refractivity contribution in [3.63, 3.8) is 0 Å². The molecule has 6 rings (SSSR count). The number of nitrogens with one attached hydrogen (secondary N) is 4. The van der Waals surface area contributed by atoms with Gasteiger partial charge in [-0.15, -0.1) is 16.9 Å². The van der Waals surface area contributed by atoms with E-state index in [4.69, 9.17) is 11.1 Å². The second-order valence-corrected chi connectivity index (χ2v) is 14.3. The van der Waals surface area contributed by atoms with Crippen molar-refractivity contribution in [2.45, 2.75) is 69.1 Å². The van der Waals surface area contributed by atoms with Crippen molar-refractivity contribution in [1.29, 1.82) is 5.41 Å². The lowest BCUT2D eigenvalue weighted by molar-refractivity contribution is -0.158. The van der Waals surface area contributed by atoms with E-state index in [1.54, 1.807) is 6.92 Å². The summed E-state index contributed by atoms with van der Waals surface area (Å²) in [5, 5.41) is 47.6. The van der Waals surface area contributed by atoms with Crippen LogP contribution in [0.5, 0.6) is 0 Å². The highest BCUT2D eigenvalue weighted by Gasteiger charge is 2.61. The third-order valence-electron chi connectivity index (χ3n) is 10.1. The molecule has 5 aliphatic rings. The van der Waals surface area contributed by atoms with Crippen LogP contribution >= 0.6 is 11.8 Å². The third-order valence-corrected chi connectivity index (χ3v) is 11.6. The number of carboxylic acid groups (broad SMARTS) is 1. The SMILES string of the molecule is CC(NC(=O)Cn1cnnn1)[C@H]1C(=O)N2C(C(=O)O)=C(SC3CNC(C(=O)N4CC5CC(NC(=N)N)CC5(CO)C4)C3)[C@H](C)[C@H]12.